The maximum atomic E-state index is 12.9. The molecule has 26 heavy (non-hydrogen) atoms. The fourth-order valence-corrected chi connectivity index (χ4v) is 2.73. The highest BCUT2D eigenvalue weighted by atomic mass is 16.5. The molecular weight excluding hydrogens is 332 g/mol. The first kappa shape index (κ1) is 22.1. The molecule has 2 atom stereocenters. The molecule has 0 saturated carbocycles. The predicted molar refractivity (Wildman–Crippen MR) is 100 cm³/mol. The third kappa shape index (κ3) is 4.83. The summed E-state index contributed by atoms with van der Waals surface area (Å²) in [6, 6.07) is 0. The molecule has 0 bridgehead atoms. The van der Waals surface area contributed by atoms with Crippen LogP contribution in [0.3, 0.4) is 0 Å². The Kier molecular flexibility index (Phi) is 6.97. The number of hydrogen-bond donors (Lipinski definition) is 0. The lowest BCUT2D eigenvalue weighted by atomic mass is 9.90. The van der Waals surface area contributed by atoms with E-state index in [1.807, 2.05) is 20.8 Å². The number of carbonyl (C=O) groups excluding carboxylic acids is 3. The monoisotopic (exact) mass is 364 g/mol. The van der Waals surface area contributed by atoms with E-state index in [1.54, 1.807) is 40.7 Å². The molecule has 1 aliphatic rings. The Morgan fingerprint density at radius 2 is 1.85 bits per heavy atom. The summed E-state index contributed by atoms with van der Waals surface area (Å²) in [6.07, 6.45) is 2.84. The van der Waals surface area contributed by atoms with E-state index in [9.17, 15) is 14.4 Å². The molecule has 1 rings (SSSR count). The van der Waals surface area contributed by atoms with Crippen molar-refractivity contribution in [3.63, 3.8) is 0 Å². The van der Waals surface area contributed by atoms with Crippen molar-refractivity contribution in [2.45, 2.75) is 73.8 Å². The van der Waals surface area contributed by atoms with Gasteiger partial charge in [0.2, 0.25) is 5.78 Å². The van der Waals surface area contributed by atoms with E-state index in [0.717, 1.165) is 6.42 Å². The van der Waals surface area contributed by atoms with Crippen LogP contribution in [0.5, 0.6) is 0 Å². The topological polar surface area (TPSA) is 69.7 Å². The van der Waals surface area contributed by atoms with E-state index >= 15 is 0 Å². The van der Waals surface area contributed by atoms with Crippen LogP contribution in [0.25, 0.3) is 0 Å². The summed E-state index contributed by atoms with van der Waals surface area (Å²) in [5.41, 5.74) is -0.994. The van der Waals surface area contributed by atoms with Crippen molar-refractivity contribution in [3.8, 4) is 0 Å². The van der Waals surface area contributed by atoms with Crippen LogP contribution in [0.2, 0.25) is 0 Å². The van der Waals surface area contributed by atoms with Gasteiger partial charge < -0.3 is 9.47 Å². The molecule has 0 saturated heterocycles. The molecule has 0 fully saturated rings. The molecule has 0 aromatic rings. The van der Waals surface area contributed by atoms with Gasteiger partial charge in [0.25, 0.3) is 0 Å². The smallest absolute Gasteiger partial charge is 0.311 e. The largest absolute Gasteiger partial charge is 0.479 e. The Balaban J connectivity index is 3.02. The van der Waals surface area contributed by atoms with Crippen LogP contribution in [-0.4, -0.2) is 29.7 Å². The van der Waals surface area contributed by atoms with E-state index in [1.165, 1.54) is 0 Å². The van der Waals surface area contributed by atoms with Gasteiger partial charge in [0.05, 0.1) is 11.0 Å². The van der Waals surface area contributed by atoms with Crippen LogP contribution >= 0.6 is 0 Å². The van der Waals surface area contributed by atoms with E-state index in [2.05, 4.69) is 0 Å². The Morgan fingerprint density at radius 3 is 2.31 bits per heavy atom. The Bertz CT molecular complexity index is 648. The number of carbonyl (C=O) groups is 3. The number of ketones is 2. The van der Waals surface area contributed by atoms with Crippen molar-refractivity contribution >= 4 is 17.5 Å². The summed E-state index contributed by atoms with van der Waals surface area (Å²) in [5, 5.41) is 0. The van der Waals surface area contributed by atoms with Crippen molar-refractivity contribution < 1.29 is 23.9 Å². The van der Waals surface area contributed by atoms with Gasteiger partial charge in [-0.2, -0.15) is 0 Å². The first-order valence-electron chi connectivity index (χ1n) is 9.24. The number of rotatable bonds is 7. The lowest BCUT2D eigenvalue weighted by molar-refractivity contribution is -0.152. The second-order valence-electron chi connectivity index (χ2n) is 8.12. The van der Waals surface area contributed by atoms with E-state index in [-0.39, 0.29) is 30.1 Å². The van der Waals surface area contributed by atoms with Gasteiger partial charge in [0.15, 0.2) is 11.4 Å². The van der Waals surface area contributed by atoms with Crippen LogP contribution in [0.1, 0.15) is 68.2 Å². The van der Waals surface area contributed by atoms with Gasteiger partial charge in [-0.05, 0) is 52.7 Å². The van der Waals surface area contributed by atoms with Crippen molar-refractivity contribution in [2.24, 2.45) is 11.3 Å². The molecule has 1 unspecified atom stereocenters. The summed E-state index contributed by atoms with van der Waals surface area (Å²) in [5.74, 6) is -0.208. The van der Waals surface area contributed by atoms with Crippen LogP contribution in [0, 0.1) is 11.3 Å². The molecule has 0 aromatic carbocycles. The van der Waals surface area contributed by atoms with Crippen LogP contribution in [0.4, 0.5) is 0 Å². The third-order valence-electron chi connectivity index (χ3n) is 4.62. The van der Waals surface area contributed by atoms with Crippen LogP contribution in [-0.2, 0) is 23.9 Å². The summed E-state index contributed by atoms with van der Waals surface area (Å²) < 4.78 is 11.2. The van der Waals surface area contributed by atoms with Gasteiger partial charge in [-0.3, -0.25) is 14.4 Å². The SMILES string of the molecule is CCC1=C(COC(=O)C(C)(C)C)C(=O)C(C)(/C=C(\C)C(=O)[C@@H](C)CC)O1. The zero-order valence-electron chi connectivity index (χ0n) is 17.3. The highest BCUT2D eigenvalue weighted by Gasteiger charge is 2.44. The average Bonchev–Trinajstić information content (AvgIpc) is 2.80. The molecule has 1 heterocycles. The molecule has 1 aliphatic heterocycles. The van der Waals surface area contributed by atoms with Gasteiger partial charge in [-0.15, -0.1) is 0 Å². The summed E-state index contributed by atoms with van der Waals surface area (Å²) in [4.78, 5) is 37.3. The quantitative estimate of drug-likeness (QED) is 0.501. The number of ether oxygens (including phenoxy) is 2. The number of allylic oxidation sites excluding steroid dienone is 2. The fourth-order valence-electron chi connectivity index (χ4n) is 2.73. The van der Waals surface area contributed by atoms with Crippen molar-refractivity contribution in [3.05, 3.63) is 23.0 Å². The van der Waals surface area contributed by atoms with Crippen LogP contribution in [0.15, 0.2) is 23.0 Å². The van der Waals surface area contributed by atoms with E-state index in [4.69, 9.17) is 9.47 Å². The first-order valence-corrected chi connectivity index (χ1v) is 9.24. The number of hydrogen-bond acceptors (Lipinski definition) is 5. The molecule has 5 nitrogen and oxygen atoms in total. The first-order chi connectivity index (χ1) is 11.9. The Labute approximate surface area is 156 Å². The normalized spacial score (nSPS) is 22.3. The zero-order valence-corrected chi connectivity index (χ0v) is 17.3. The lowest BCUT2D eigenvalue weighted by Gasteiger charge is -2.21. The molecule has 146 valence electrons. The Hall–Kier alpha value is -1.91. The minimum Gasteiger partial charge on any atom is -0.479 e. The van der Waals surface area contributed by atoms with Crippen molar-refractivity contribution in [1.82, 2.24) is 0 Å². The second kappa shape index (κ2) is 8.19. The average molecular weight is 364 g/mol. The predicted octanol–water partition coefficient (Wildman–Crippen LogP) is 4.16. The summed E-state index contributed by atoms with van der Waals surface area (Å²) in [6.45, 7) is 14.2. The van der Waals surface area contributed by atoms with Gasteiger partial charge >= 0.3 is 5.97 Å². The summed E-state index contributed by atoms with van der Waals surface area (Å²) >= 11 is 0. The Morgan fingerprint density at radius 1 is 1.27 bits per heavy atom. The third-order valence-corrected chi connectivity index (χ3v) is 4.62. The molecule has 0 radical (unpaired) electrons. The minimum absolute atomic E-state index is 0.00999. The number of esters is 1. The van der Waals surface area contributed by atoms with E-state index < -0.39 is 11.0 Å². The molecular formula is C21H32O5. The number of Topliss-reactive ketones (excluding diaryl/α,β-unsaturated/α-hetero) is 2. The van der Waals surface area contributed by atoms with Gasteiger partial charge in [-0.1, -0.05) is 20.8 Å². The van der Waals surface area contributed by atoms with Crippen molar-refractivity contribution in [2.75, 3.05) is 6.61 Å². The molecule has 5 heteroatoms. The lowest BCUT2D eigenvalue weighted by Crippen LogP contribution is -2.34. The molecule has 0 aliphatic carbocycles. The van der Waals surface area contributed by atoms with Gasteiger partial charge in [0.1, 0.15) is 12.4 Å². The maximum Gasteiger partial charge on any atom is 0.311 e. The highest BCUT2D eigenvalue weighted by Crippen LogP contribution is 2.35. The fraction of sp³-hybridized carbons (Fsp3) is 0.667. The molecule has 0 spiro atoms. The van der Waals surface area contributed by atoms with Crippen LogP contribution < -0.4 is 0 Å². The molecule has 0 amide bonds. The molecule has 0 N–H and O–H groups in total. The van der Waals surface area contributed by atoms with Gasteiger partial charge in [0, 0.05) is 12.3 Å². The van der Waals surface area contributed by atoms with Gasteiger partial charge in [-0.25, -0.2) is 0 Å². The minimum atomic E-state index is -1.23. The molecule has 0 aromatic heterocycles. The maximum absolute atomic E-state index is 12.9. The summed E-state index contributed by atoms with van der Waals surface area (Å²) in [7, 11) is 0. The standard InChI is InChI=1S/C21H32O5/c1-9-13(3)17(22)14(4)11-21(8)18(23)15(16(10-2)26-21)12-25-19(24)20(5,6)7/h11,13H,9-10,12H2,1-8H3/b14-11+/t13-,21?/m0/s1. The zero-order chi connectivity index (χ0) is 20.3. The second-order valence-corrected chi connectivity index (χ2v) is 8.12. The van der Waals surface area contributed by atoms with Crippen molar-refractivity contribution in [1.29, 1.82) is 0 Å². The van der Waals surface area contributed by atoms with E-state index in [0.29, 0.717) is 23.3 Å². The highest BCUT2D eigenvalue weighted by molar-refractivity contribution is 6.07.